The molecule has 0 amide bonds. The average molecular weight is 725 g/mol. The number of carbonyl (C=O) groups is 2. The first-order chi connectivity index (χ1) is 25.1. The molecule has 1 saturated heterocycles. The van der Waals surface area contributed by atoms with Crippen LogP contribution >= 0.6 is 0 Å². The van der Waals surface area contributed by atoms with Crippen LogP contribution in [0.5, 0.6) is 34.5 Å². The summed E-state index contributed by atoms with van der Waals surface area (Å²) in [5.41, 5.74) is -7.63. The fourth-order valence-corrected chi connectivity index (χ4v) is 5.92. The number of ether oxygens (including phenoxy) is 2. The van der Waals surface area contributed by atoms with Crippen molar-refractivity contribution in [2.75, 3.05) is 0 Å². The van der Waals surface area contributed by atoms with Crippen LogP contribution in [0.25, 0.3) is 34.4 Å². The smallest absolute Gasteiger partial charge is 0.240 e. The Kier molecular flexibility index (Phi) is 9.55. The van der Waals surface area contributed by atoms with Gasteiger partial charge in [-0.1, -0.05) is 36.4 Å². The number of aliphatic hydroxyl groups excluding tert-OH is 1. The zero-order valence-corrected chi connectivity index (χ0v) is 27.7. The summed E-state index contributed by atoms with van der Waals surface area (Å²) in [5, 5.41) is 85.5. The SMILES string of the molecule is C[C@H]1OC(Oc2c(-c3ccc(O)cc3)oc3cc(O)cc(O)c3c2=O)[C@](O)(C(=O)C=Cc2ccc(O)cc2)[C@](O)(C(=O)/C=C\c2ccc(O)cc2)[C@@H]1O. The quantitative estimate of drug-likeness (QED) is 0.102. The lowest BCUT2D eigenvalue weighted by Crippen LogP contribution is -2.79. The second kappa shape index (κ2) is 13.9. The number of hydrogen-bond acceptors (Lipinski definition) is 14. The van der Waals surface area contributed by atoms with Gasteiger partial charge in [-0.2, -0.15) is 0 Å². The van der Waals surface area contributed by atoms with Crippen molar-refractivity contribution >= 4 is 34.7 Å². The summed E-state index contributed by atoms with van der Waals surface area (Å²) in [4.78, 5) is 42.3. The van der Waals surface area contributed by atoms with Gasteiger partial charge in [-0.25, -0.2) is 0 Å². The van der Waals surface area contributed by atoms with Gasteiger partial charge in [-0.05, 0) is 78.7 Å². The molecule has 2 heterocycles. The van der Waals surface area contributed by atoms with Crippen molar-refractivity contribution in [1.29, 1.82) is 0 Å². The van der Waals surface area contributed by atoms with Crippen molar-refractivity contribution in [3.63, 3.8) is 0 Å². The minimum atomic E-state index is -3.53. The zero-order valence-electron chi connectivity index (χ0n) is 27.7. The van der Waals surface area contributed by atoms with Gasteiger partial charge >= 0.3 is 0 Å². The van der Waals surface area contributed by atoms with Gasteiger partial charge in [0.1, 0.15) is 45.8 Å². The molecule has 14 nitrogen and oxygen atoms in total. The maximum absolute atomic E-state index is 14.2. The van der Waals surface area contributed by atoms with Crippen molar-refractivity contribution < 1.29 is 64.3 Å². The first-order valence-electron chi connectivity index (χ1n) is 15.9. The normalized spacial score (nSPS) is 23.1. The van der Waals surface area contributed by atoms with Crippen LogP contribution in [0.2, 0.25) is 0 Å². The van der Waals surface area contributed by atoms with Crippen LogP contribution in [-0.4, -0.2) is 82.1 Å². The van der Waals surface area contributed by atoms with Crippen LogP contribution in [0.15, 0.2) is 106 Å². The van der Waals surface area contributed by atoms with Gasteiger partial charge in [0.25, 0.3) is 0 Å². The number of phenolic OH excluding ortho intramolecular Hbond substituents is 5. The molecule has 1 fully saturated rings. The van der Waals surface area contributed by atoms with E-state index < -0.39 is 75.1 Å². The molecule has 4 aromatic carbocycles. The Morgan fingerprint density at radius 2 is 1.21 bits per heavy atom. The number of phenols is 5. The highest BCUT2D eigenvalue weighted by molar-refractivity contribution is 6.10. The van der Waals surface area contributed by atoms with Crippen LogP contribution < -0.4 is 10.2 Å². The minimum absolute atomic E-state index is 0.0730. The van der Waals surface area contributed by atoms with Crippen molar-refractivity contribution in [3.05, 3.63) is 118 Å². The number of carbonyl (C=O) groups excluding carboxylic acids is 2. The summed E-state index contributed by atoms with van der Waals surface area (Å²) in [7, 11) is 0. The van der Waals surface area contributed by atoms with E-state index in [0.29, 0.717) is 11.1 Å². The number of rotatable bonds is 9. The fraction of sp³-hybridized carbons (Fsp3) is 0.154. The lowest BCUT2D eigenvalue weighted by molar-refractivity contribution is -0.325. The Bertz CT molecular complexity index is 2310. The molecule has 0 spiro atoms. The molecule has 0 bridgehead atoms. The lowest BCUT2D eigenvalue weighted by atomic mass is 9.69. The van der Waals surface area contributed by atoms with Gasteiger partial charge < -0.3 is 54.7 Å². The first-order valence-corrected chi connectivity index (χ1v) is 15.9. The molecule has 5 aromatic rings. The first kappa shape index (κ1) is 36.3. The Morgan fingerprint density at radius 1 is 0.717 bits per heavy atom. The molecule has 1 aromatic heterocycles. The van der Waals surface area contributed by atoms with Gasteiger partial charge in [0.2, 0.25) is 23.1 Å². The maximum atomic E-state index is 14.2. The van der Waals surface area contributed by atoms with Crippen molar-refractivity contribution in [2.24, 2.45) is 0 Å². The molecule has 0 aliphatic carbocycles. The third kappa shape index (κ3) is 6.58. The number of hydrogen-bond donors (Lipinski definition) is 8. The largest absolute Gasteiger partial charge is 0.508 e. The third-order valence-corrected chi connectivity index (χ3v) is 8.80. The van der Waals surface area contributed by atoms with E-state index in [1.165, 1.54) is 91.9 Å². The van der Waals surface area contributed by atoms with Gasteiger partial charge in [0.15, 0.2) is 22.9 Å². The predicted molar refractivity (Wildman–Crippen MR) is 188 cm³/mol. The summed E-state index contributed by atoms with van der Waals surface area (Å²) in [6, 6.07) is 17.9. The molecule has 53 heavy (non-hydrogen) atoms. The van der Waals surface area contributed by atoms with Crippen molar-refractivity contribution in [3.8, 4) is 45.8 Å². The van der Waals surface area contributed by atoms with E-state index in [0.717, 1.165) is 24.3 Å². The van der Waals surface area contributed by atoms with E-state index in [-0.39, 0.29) is 28.4 Å². The van der Waals surface area contributed by atoms with Crippen LogP contribution in [-0.2, 0) is 14.3 Å². The standard InChI is InChI=1S/C39H32O14/c1-20-36(48)38(49,30(45)16-6-21-2-10-24(40)11-3-21)39(50,31(46)17-7-22-4-12-25(41)13-5-22)37(51-20)53-35-33(47)32-28(44)18-27(43)19-29(32)52-34(35)23-8-14-26(42)15-9-23/h2-20,36-37,40-44,48-50H,1H3/b16-6-,17-7?/t20-,36-,37?,38+,39-/m1/s1. The lowest BCUT2D eigenvalue weighted by Gasteiger charge is -2.51. The molecular weight excluding hydrogens is 692 g/mol. The minimum Gasteiger partial charge on any atom is -0.508 e. The van der Waals surface area contributed by atoms with Crippen LogP contribution in [0.3, 0.4) is 0 Å². The third-order valence-electron chi connectivity index (χ3n) is 8.80. The molecule has 272 valence electrons. The highest BCUT2D eigenvalue weighted by atomic mass is 16.7. The summed E-state index contributed by atoms with van der Waals surface area (Å²) < 4.78 is 17.6. The molecule has 5 atom stereocenters. The van der Waals surface area contributed by atoms with Crippen molar-refractivity contribution in [1.82, 2.24) is 0 Å². The van der Waals surface area contributed by atoms with Gasteiger partial charge in [-0.15, -0.1) is 0 Å². The molecule has 1 unspecified atom stereocenters. The Balaban J connectivity index is 1.54. The van der Waals surface area contributed by atoms with Crippen LogP contribution in [0, 0.1) is 0 Å². The van der Waals surface area contributed by atoms with E-state index in [4.69, 9.17) is 13.9 Å². The molecule has 14 heteroatoms. The van der Waals surface area contributed by atoms with Crippen molar-refractivity contribution in [2.45, 2.75) is 36.6 Å². The number of benzene rings is 4. The van der Waals surface area contributed by atoms with Gasteiger partial charge in [0.05, 0.1) is 6.10 Å². The second-order valence-electron chi connectivity index (χ2n) is 12.3. The monoisotopic (exact) mass is 724 g/mol. The van der Waals surface area contributed by atoms with Crippen LogP contribution in [0.1, 0.15) is 18.1 Å². The topological polar surface area (TPSA) is 245 Å². The maximum Gasteiger partial charge on any atom is 0.240 e. The van der Waals surface area contributed by atoms with Crippen LogP contribution in [0.4, 0.5) is 0 Å². The van der Waals surface area contributed by atoms with E-state index in [2.05, 4.69) is 0 Å². The number of aromatic hydroxyl groups is 5. The van der Waals surface area contributed by atoms with Gasteiger partial charge in [-0.3, -0.25) is 14.4 Å². The highest BCUT2D eigenvalue weighted by Crippen LogP contribution is 2.44. The molecule has 0 saturated carbocycles. The Morgan fingerprint density at radius 3 is 1.74 bits per heavy atom. The predicted octanol–water partition coefficient (Wildman–Crippen LogP) is 3.50. The molecule has 1 aliphatic heterocycles. The Labute approximate surface area is 299 Å². The summed E-state index contributed by atoms with van der Waals surface area (Å²) in [5.74, 6) is -5.56. The Hall–Kier alpha value is -6.45. The summed E-state index contributed by atoms with van der Waals surface area (Å²) in [6.45, 7) is 1.21. The zero-order chi connectivity index (χ0) is 38.2. The number of fused-ring (bicyclic) bond motifs is 1. The molecule has 6 rings (SSSR count). The fourth-order valence-electron chi connectivity index (χ4n) is 5.92. The second-order valence-corrected chi connectivity index (χ2v) is 12.3. The molecule has 0 radical (unpaired) electrons. The molecule has 8 N–H and O–H groups in total. The highest BCUT2D eigenvalue weighted by Gasteiger charge is 2.71. The van der Waals surface area contributed by atoms with E-state index in [9.17, 15) is 55.2 Å². The van der Waals surface area contributed by atoms with Gasteiger partial charge in [0, 0.05) is 17.7 Å². The van der Waals surface area contributed by atoms with E-state index in [1.807, 2.05) is 0 Å². The number of ketones is 2. The number of aliphatic hydroxyl groups is 3. The van der Waals surface area contributed by atoms with E-state index >= 15 is 0 Å². The van der Waals surface area contributed by atoms with E-state index in [1.54, 1.807) is 0 Å². The average Bonchev–Trinajstić information content (AvgIpc) is 3.13. The summed E-state index contributed by atoms with van der Waals surface area (Å²) in [6.07, 6.45) is -2.36. The molecular formula is C39H32O14. The molecule has 1 aliphatic rings. The summed E-state index contributed by atoms with van der Waals surface area (Å²) >= 11 is 0.